The lowest BCUT2D eigenvalue weighted by Crippen LogP contribution is -2.08. The summed E-state index contributed by atoms with van der Waals surface area (Å²) in [6, 6.07) is 2.07. The van der Waals surface area contributed by atoms with E-state index in [0.29, 0.717) is 5.82 Å². The fourth-order valence-electron chi connectivity index (χ4n) is 1.91. The van der Waals surface area contributed by atoms with Gasteiger partial charge >= 0.3 is 0 Å². The van der Waals surface area contributed by atoms with Crippen LogP contribution in [0.2, 0.25) is 0 Å². The molecule has 0 fully saturated rings. The molecular formula is C9H15Cl2N3. The Morgan fingerprint density at radius 2 is 2.07 bits per heavy atom. The first-order valence-corrected chi connectivity index (χ1v) is 4.20. The highest BCUT2D eigenvalue weighted by Gasteiger charge is 2.22. The summed E-state index contributed by atoms with van der Waals surface area (Å²) >= 11 is 0. The molecule has 80 valence electrons. The van der Waals surface area contributed by atoms with E-state index in [-0.39, 0.29) is 30.9 Å². The Hall–Kier alpha value is -0.510. The molecule has 1 unspecified atom stereocenters. The second kappa shape index (κ2) is 4.82. The third-order valence-electron chi connectivity index (χ3n) is 2.43. The molecule has 1 aliphatic carbocycles. The molecule has 0 saturated carbocycles. The minimum absolute atomic E-state index is 0. The Labute approximate surface area is 96.1 Å². The smallest absolute Gasteiger partial charge is 0.123 e. The lowest BCUT2D eigenvalue weighted by Gasteiger charge is -2.08. The van der Waals surface area contributed by atoms with Crippen LogP contribution >= 0.6 is 24.8 Å². The van der Waals surface area contributed by atoms with Gasteiger partial charge in [-0.15, -0.1) is 24.8 Å². The van der Waals surface area contributed by atoms with Crippen molar-refractivity contribution in [1.82, 2.24) is 4.98 Å². The first kappa shape index (κ1) is 13.5. The Kier molecular flexibility index (Phi) is 4.65. The van der Waals surface area contributed by atoms with Crippen LogP contribution in [0, 0.1) is 6.92 Å². The first-order valence-electron chi connectivity index (χ1n) is 4.20. The Morgan fingerprint density at radius 1 is 1.43 bits per heavy atom. The van der Waals surface area contributed by atoms with Crippen molar-refractivity contribution >= 4 is 30.6 Å². The fourth-order valence-corrected chi connectivity index (χ4v) is 1.91. The van der Waals surface area contributed by atoms with Gasteiger partial charge in [0.2, 0.25) is 0 Å². The van der Waals surface area contributed by atoms with Gasteiger partial charge in [0.25, 0.3) is 0 Å². The van der Waals surface area contributed by atoms with E-state index in [1.165, 1.54) is 11.1 Å². The largest absolute Gasteiger partial charge is 0.384 e. The molecule has 1 heterocycles. The second-order valence-electron chi connectivity index (χ2n) is 3.37. The average molecular weight is 236 g/mol. The molecule has 0 aromatic carbocycles. The number of nitrogen functional groups attached to an aromatic ring is 1. The maximum atomic E-state index is 5.92. The maximum absolute atomic E-state index is 5.92. The zero-order valence-electron chi connectivity index (χ0n) is 7.99. The summed E-state index contributed by atoms with van der Waals surface area (Å²) in [4.78, 5) is 4.26. The van der Waals surface area contributed by atoms with E-state index in [4.69, 9.17) is 11.5 Å². The normalized spacial score (nSPS) is 18.0. The molecule has 1 atom stereocenters. The monoisotopic (exact) mass is 235 g/mol. The molecule has 1 aromatic rings. The molecule has 2 rings (SSSR count). The number of rotatable bonds is 0. The summed E-state index contributed by atoms with van der Waals surface area (Å²) in [5.74, 6) is 0.611. The number of fused-ring (bicyclic) bond motifs is 1. The number of nitrogens with zero attached hydrogens (tertiary/aromatic N) is 1. The van der Waals surface area contributed by atoms with Crippen molar-refractivity contribution in [3.05, 3.63) is 22.9 Å². The quantitative estimate of drug-likeness (QED) is 0.721. The maximum Gasteiger partial charge on any atom is 0.123 e. The summed E-state index contributed by atoms with van der Waals surface area (Å²) in [7, 11) is 0. The van der Waals surface area contributed by atoms with Gasteiger partial charge in [-0.1, -0.05) is 0 Å². The standard InChI is InChI=1S/C9H13N3.2ClH/c1-5-4-8(11)12-7-3-2-6(10)9(5)7;;/h4,6H,2-3,10H2,1H3,(H2,11,12);2*1H. The number of aromatic nitrogens is 1. The average Bonchev–Trinajstić information content (AvgIpc) is 2.31. The predicted molar refractivity (Wildman–Crippen MR) is 63.1 cm³/mol. The van der Waals surface area contributed by atoms with Crippen LogP contribution in [-0.4, -0.2) is 4.98 Å². The summed E-state index contributed by atoms with van der Waals surface area (Å²) in [5, 5.41) is 0. The highest BCUT2D eigenvalue weighted by molar-refractivity contribution is 5.85. The Morgan fingerprint density at radius 3 is 2.71 bits per heavy atom. The van der Waals surface area contributed by atoms with Crippen LogP contribution in [0.3, 0.4) is 0 Å². The van der Waals surface area contributed by atoms with E-state index in [9.17, 15) is 0 Å². The van der Waals surface area contributed by atoms with Gasteiger partial charge in [0.15, 0.2) is 0 Å². The Balaban J connectivity index is 0.000000845. The Bertz CT molecular complexity index is 328. The predicted octanol–water partition coefficient (Wildman–Crippen LogP) is 1.76. The number of nitrogens with two attached hydrogens (primary N) is 2. The first-order chi connectivity index (χ1) is 5.68. The van der Waals surface area contributed by atoms with Gasteiger partial charge < -0.3 is 11.5 Å². The zero-order chi connectivity index (χ0) is 8.72. The van der Waals surface area contributed by atoms with Crippen molar-refractivity contribution in [2.45, 2.75) is 25.8 Å². The minimum Gasteiger partial charge on any atom is -0.384 e. The molecule has 0 spiro atoms. The van der Waals surface area contributed by atoms with Crippen LogP contribution in [0.1, 0.15) is 29.3 Å². The van der Waals surface area contributed by atoms with Gasteiger partial charge in [-0.25, -0.2) is 4.98 Å². The van der Waals surface area contributed by atoms with Crippen molar-refractivity contribution < 1.29 is 0 Å². The summed E-state index contributed by atoms with van der Waals surface area (Å²) in [6.45, 7) is 2.04. The summed E-state index contributed by atoms with van der Waals surface area (Å²) in [6.07, 6.45) is 1.98. The van der Waals surface area contributed by atoms with Crippen molar-refractivity contribution in [3.8, 4) is 0 Å². The number of aryl methyl sites for hydroxylation is 2. The van der Waals surface area contributed by atoms with Gasteiger partial charge in [0.1, 0.15) is 5.82 Å². The minimum atomic E-state index is 0. The number of anilines is 1. The number of hydrogen-bond acceptors (Lipinski definition) is 3. The van der Waals surface area contributed by atoms with Gasteiger partial charge in [0.05, 0.1) is 0 Å². The molecule has 14 heavy (non-hydrogen) atoms. The topological polar surface area (TPSA) is 64.9 Å². The molecule has 0 saturated heterocycles. The molecule has 4 N–H and O–H groups in total. The van der Waals surface area contributed by atoms with E-state index in [1.807, 2.05) is 13.0 Å². The molecule has 1 aromatic heterocycles. The fraction of sp³-hybridized carbons (Fsp3) is 0.444. The van der Waals surface area contributed by atoms with E-state index in [1.54, 1.807) is 0 Å². The van der Waals surface area contributed by atoms with Crippen LogP contribution in [0.15, 0.2) is 6.07 Å². The van der Waals surface area contributed by atoms with Gasteiger partial charge in [-0.2, -0.15) is 0 Å². The lowest BCUT2D eigenvalue weighted by atomic mass is 10.1. The van der Waals surface area contributed by atoms with Crippen molar-refractivity contribution in [1.29, 1.82) is 0 Å². The van der Waals surface area contributed by atoms with E-state index < -0.39 is 0 Å². The summed E-state index contributed by atoms with van der Waals surface area (Å²) < 4.78 is 0. The van der Waals surface area contributed by atoms with Crippen LogP contribution in [0.4, 0.5) is 5.82 Å². The van der Waals surface area contributed by atoms with E-state index in [0.717, 1.165) is 18.5 Å². The highest BCUT2D eigenvalue weighted by Crippen LogP contribution is 2.31. The van der Waals surface area contributed by atoms with Crippen LogP contribution in [0.5, 0.6) is 0 Å². The van der Waals surface area contributed by atoms with Crippen LogP contribution < -0.4 is 11.5 Å². The van der Waals surface area contributed by atoms with Gasteiger partial charge in [-0.05, 0) is 37.0 Å². The molecular weight excluding hydrogens is 221 g/mol. The molecule has 0 bridgehead atoms. The number of hydrogen-bond donors (Lipinski definition) is 2. The number of pyridine rings is 1. The van der Waals surface area contributed by atoms with E-state index in [2.05, 4.69) is 4.98 Å². The van der Waals surface area contributed by atoms with Crippen molar-refractivity contribution in [2.24, 2.45) is 5.73 Å². The second-order valence-corrected chi connectivity index (χ2v) is 3.37. The van der Waals surface area contributed by atoms with Crippen molar-refractivity contribution in [2.75, 3.05) is 5.73 Å². The lowest BCUT2D eigenvalue weighted by molar-refractivity contribution is 0.710. The van der Waals surface area contributed by atoms with Crippen LogP contribution in [-0.2, 0) is 6.42 Å². The van der Waals surface area contributed by atoms with Crippen molar-refractivity contribution in [3.63, 3.8) is 0 Å². The van der Waals surface area contributed by atoms with Crippen LogP contribution in [0.25, 0.3) is 0 Å². The molecule has 5 heteroatoms. The molecule has 3 nitrogen and oxygen atoms in total. The number of halogens is 2. The molecule has 0 amide bonds. The third-order valence-corrected chi connectivity index (χ3v) is 2.43. The zero-order valence-corrected chi connectivity index (χ0v) is 9.62. The SMILES string of the molecule is Cc1cc(N)nc2c1C(N)CC2.Cl.Cl. The molecule has 0 radical (unpaired) electrons. The van der Waals surface area contributed by atoms with Gasteiger partial charge in [0, 0.05) is 11.7 Å². The summed E-state index contributed by atoms with van der Waals surface area (Å²) in [5.41, 5.74) is 15.0. The molecule has 0 aliphatic heterocycles. The van der Waals surface area contributed by atoms with Gasteiger partial charge in [-0.3, -0.25) is 0 Å². The third kappa shape index (κ3) is 2.11. The highest BCUT2D eigenvalue weighted by atomic mass is 35.5. The van der Waals surface area contributed by atoms with E-state index >= 15 is 0 Å². The molecule has 1 aliphatic rings.